The van der Waals surface area contributed by atoms with E-state index in [0.717, 1.165) is 34.2 Å². The predicted octanol–water partition coefficient (Wildman–Crippen LogP) is 6.71. The van der Waals surface area contributed by atoms with Gasteiger partial charge in [0, 0.05) is 5.56 Å². The van der Waals surface area contributed by atoms with Crippen molar-refractivity contribution in [2.45, 2.75) is 25.8 Å². The monoisotopic (exact) mass is 543 g/mol. The molecule has 0 bridgehead atoms. The van der Waals surface area contributed by atoms with E-state index in [0.29, 0.717) is 17.7 Å². The number of carboxylic acids is 1. The molecule has 0 saturated heterocycles. The Labute approximate surface area is 253 Å². The average Bonchev–Trinajstić information content (AvgIpc) is 2.95. The molecule has 4 rings (SSSR count). The molecule has 2 N–H and O–H groups in total. The molecule has 1 atom stereocenters. The van der Waals surface area contributed by atoms with E-state index in [1.807, 2.05) is 61.7 Å². The van der Waals surface area contributed by atoms with Crippen LogP contribution in [0.4, 0.5) is 0 Å². The number of carbonyl (C=O) groups is 2. The summed E-state index contributed by atoms with van der Waals surface area (Å²) < 4.78 is 0. The molecule has 1 unspecified atom stereocenters. The Morgan fingerprint density at radius 3 is 2.30 bits per heavy atom. The number of hydrogen-bond acceptors (Lipinski definition) is 3. The SMILES string of the molecule is CSCCC(NC(=O)c1ccc(/C=C/c2ccccc2Cc2ccccc2)cc1-c1ccccc1C)C(=O)O.[LiH]. The van der Waals surface area contributed by atoms with E-state index in [4.69, 9.17) is 0 Å². The van der Waals surface area contributed by atoms with E-state index in [1.165, 1.54) is 11.1 Å². The molecule has 4 aromatic carbocycles. The minimum atomic E-state index is -1.02. The average molecular weight is 544 g/mol. The molecule has 1 amide bonds. The second kappa shape index (κ2) is 15.3. The number of amides is 1. The summed E-state index contributed by atoms with van der Waals surface area (Å²) in [5.74, 6) is -0.758. The summed E-state index contributed by atoms with van der Waals surface area (Å²) in [6.45, 7) is 2.01. The van der Waals surface area contributed by atoms with Crippen molar-refractivity contribution in [2.75, 3.05) is 12.0 Å². The second-order valence-corrected chi connectivity index (χ2v) is 10.4. The molecule has 4 aromatic rings. The molecule has 0 aromatic heterocycles. The van der Waals surface area contributed by atoms with Crippen LogP contribution in [0.3, 0.4) is 0 Å². The summed E-state index contributed by atoms with van der Waals surface area (Å²) in [5, 5.41) is 12.4. The summed E-state index contributed by atoms with van der Waals surface area (Å²) in [6, 6.07) is 31.4. The standard InChI is InChI=1S/C34H33NO3S.Li.H/c1-24-10-6-9-15-29(24)31-23-26(17-19-30(31)33(36)35-32(34(37)38)20-21-39-2)16-18-27-13-7-8-14-28(27)22-25-11-4-3-5-12-25;;/h3-19,23,32H,20-22H2,1-2H3,(H,35,36)(H,37,38);;/b18-16+;;. The Morgan fingerprint density at radius 1 is 0.875 bits per heavy atom. The molecule has 0 radical (unpaired) electrons. The molecule has 0 aliphatic heterocycles. The molecular formula is C34H34LiNO3S. The van der Waals surface area contributed by atoms with Crippen LogP contribution in [0, 0.1) is 6.92 Å². The van der Waals surface area contributed by atoms with Crippen LogP contribution in [0.1, 0.15) is 44.6 Å². The van der Waals surface area contributed by atoms with Gasteiger partial charge in [0.05, 0.1) is 0 Å². The van der Waals surface area contributed by atoms with Gasteiger partial charge in [0.2, 0.25) is 0 Å². The number of aliphatic carboxylic acids is 1. The summed E-state index contributed by atoms with van der Waals surface area (Å²) in [4.78, 5) is 25.1. The predicted molar refractivity (Wildman–Crippen MR) is 170 cm³/mol. The van der Waals surface area contributed by atoms with Gasteiger partial charge < -0.3 is 10.4 Å². The quantitative estimate of drug-likeness (QED) is 0.163. The third-order valence-electron chi connectivity index (χ3n) is 6.69. The summed E-state index contributed by atoms with van der Waals surface area (Å²) in [7, 11) is 0. The Morgan fingerprint density at radius 2 is 1.57 bits per heavy atom. The normalized spacial score (nSPS) is 11.6. The molecule has 200 valence electrons. The van der Waals surface area contributed by atoms with Crippen molar-refractivity contribution in [3.63, 3.8) is 0 Å². The van der Waals surface area contributed by atoms with Gasteiger partial charge >= 0.3 is 24.8 Å². The van der Waals surface area contributed by atoms with E-state index in [1.54, 1.807) is 17.8 Å². The van der Waals surface area contributed by atoms with Gasteiger partial charge in [0.25, 0.3) is 5.91 Å². The molecule has 0 spiro atoms. The zero-order chi connectivity index (χ0) is 27.6. The summed E-state index contributed by atoms with van der Waals surface area (Å²) in [5.41, 5.74) is 7.81. The minimum absolute atomic E-state index is 0. The van der Waals surface area contributed by atoms with Crippen molar-refractivity contribution in [3.05, 3.63) is 130 Å². The van der Waals surface area contributed by atoms with E-state index >= 15 is 0 Å². The van der Waals surface area contributed by atoms with Crippen molar-refractivity contribution in [1.82, 2.24) is 5.32 Å². The molecule has 0 aliphatic rings. The molecule has 4 nitrogen and oxygen atoms in total. The topological polar surface area (TPSA) is 66.4 Å². The molecule has 40 heavy (non-hydrogen) atoms. The van der Waals surface area contributed by atoms with Crippen molar-refractivity contribution in [1.29, 1.82) is 0 Å². The van der Waals surface area contributed by atoms with Gasteiger partial charge in [0.1, 0.15) is 6.04 Å². The Balaban J connectivity index is 0.00000441. The Bertz CT molecular complexity index is 1470. The third-order valence-corrected chi connectivity index (χ3v) is 7.33. The van der Waals surface area contributed by atoms with Crippen LogP contribution < -0.4 is 5.32 Å². The molecule has 6 heteroatoms. The third kappa shape index (κ3) is 8.26. The first-order valence-electron chi connectivity index (χ1n) is 13.0. The van der Waals surface area contributed by atoms with Crippen LogP contribution in [0.5, 0.6) is 0 Å². The van der Waals surface area contributed by atoms with Crippen LogP contribution in [-0.2, 0) is 11.2 Å². The van der Waals surface area contributed by atoms with E-state index in [-0.39, 0.29) is 24.8 Å². The molecule has 0 heterocycles. The summed E-state index contributed by atoms with van der Waals surface area (Å²) in [6.07, 6.45) is 7.30. The van der Waals surface area contributed by atoms with Crippen LogP contribution in [-0.4, -0.2) is 53.9 Å². The molecular weight excluding hydrogens is 509 g/mol. The maximum absolute atomic E-state index is 13.3. The van der Waals surface area contributed by atoms with Crippen LogP contribution in [0.15, 0.2) is 97.1 Å². The molecule has 0 fully saturated rings. The fourth-order valence-electron chi connectivity index (χ4n) is 4.55. The number of nitrogens with one attached hydrogen (secondary N) is 1. The zero-order valence-electron chi connectivity index (χ0n) is 22.3. The number of aryl methyl sites for hydroxylation is 1. The number of carbonyl (C=O) groups excluding carboxylic acids is 1. The number of rotatable bonds is 11. The van der Waals surface area contributed by atoms with Crippen LogP contribution >= 0.6 is 11.8 Å². The fourth-order valence-corrected chi connectivity index (χ4v) is 5.02. The first-order chi connectivity index (χ1) is 19.0. The van der Waals surface area contributed by atoms with Gasteiger partial charge in [-0.05, 0) is 82.9 Å². The van der Waals surface area contributed by atoms with E-state index in [9.17, 15) is 14.7 Å². The van der Waals surface area contributed by atoms with E-state index < -0.39 is 12.0 Å². The fraction of sp³-hybridized carbons (Fsp3) is 0.176. The van der Waals surface area contributed by atoms with Gasteiger partial charge in [-0.3, -0.25) is 4.79 Å². The Hall–Kier alpha value is -3.49. The van der Waals surface area contributed by atoms with Crippen molar-refractivity contribution in [2.24, 2.45) is 0 Å². The number of thioether (sulfide) groups is 1. The Kier molecular flexibility index (Phi) is 11.9. The number of hydrogen-bond donors (Lipinski definition) is 2. The van der Waals surface area contributed by atoms with Gasteiger partial charge in [0.15, 0.2) is 0 Å². The number of carboxylic acid groups (broad SMARTS) is 1. The van der Waals surface area contributed by atoms with E-state index in [2.05, 4.69) is 59.9 Å². The first kappa shape index (κ1) is 31.0. The van der Waals surface area contributed by atoms with Crippen molar-refractivity contribution >= 4 is 54.7 Å². The zero-order valence-corrected chi connectivity index (χ0v) is 23.1. The van der Waals surface area contributed by atoms with Crippen molar-refractivity contribution in [3.8, 4) is 11.1 Å². The maximum atomic E-state index is 13.3. The summed E-state index contributed by atoms with van der Waals surface area (Å²) >= 11 is 1.56. The van der Waals surface area contributed by atoms with Gasteiger partial charge in [-0.2, -0.15) is 11.8 Å². The second-order valence-electron chi connectivity index (χ2n) is 9.46. The van der Waals surface area contributed by atoms with Gasteiger partial charge in [-0.25, -0.2) is 4.79 Å². The first-order valence-corrected chi connectivity index (χ1v) is 14.4. The van der Waals surface area contributed by atoms with Crippen molar-refractivity contribution < 1.29 is 14.7 Å². The number of benzene rings is 4. The van der Waals surface area contributed by atoms with Crippen LogP contribution in [0.25, 0.3) is 23.3 Å². The van der Waals surface area contributed by atoms with Crippen LogP contribution in [0.2, 0.25) is 0 Å². The molecule has 0 aliphatic carbocycles. The molecule has 0 saturated carbocycles. The van der Waals surface area contributed by atoms with Gasteiger partial charge in [-0.1, -0.05) is 97.1 Å². The van der Waals surface area contributed by atoms with Gasteiger partial charge in [-0.15, -0.1) is 0 Å².